The molecule has 2 nitrogen and oxygen atoms in total. The van der Waals surface area contributed by atoms with Gasteiger partial charge in [-0.05, 0) is 12.5 Å². The Hall–Kier alpha value is -0.570. The van der Waals surface area contributed by atoms with Crippen molar-refractivity contribution in [2.75, 3.05) is 5.33 Å². The number of nitrogens with zero attached hydrogens (tertiary/aromatic N) is 2. The van der Waals surface area contributed by atoms with Gasteiger partial charge in [0.2, 0.25) is 0 Å². The van der Waals surface area contributed by atoms with Gasteiger partial charge in [0.1, 0.15) is 0 Å². The Morgan fingerprint density at radius 1 is 1.64 bits per heavy atom. The first-order valence-electron chi connectivity index (χ1n) is 3.53. The second-order valence-corrected chi connectivity index (χ2v) is 2.96. The smallest absolute Gasteiger partial charge is 0.0489 e. The Labute approximate surface area is 75.0 Å². The van der Waals surface area contributed by atoms with E-state index in [1.807, 2.05) is 16.9 Å². The van der Waals surface area contributed by atoms with Crippen molar-refractivity contribution in [2.24, 2.45) is 0 Å². The summed E-state index contributed by atoms with van der Waals surface area (Å²) in [5.74, 6) is 0. The van der Waals surface area contributed by atoms with Crippen molar-refractivity contribution in [1.82, 2.24) is 9.78 Å². The van der Waals surface area contributed by atoms with Crippen LogP contribution in [0.15, 0.2) is 30.6 Å². The first-order valence-corrected chi connectivity index (χ1v) is 4.65. The minimum Gasteiger partial charge on any atom is -0.272 e. The zero-order chi connectivity index (χ0) is 8.10. The van der Waals surface area contributed by atoms with Crippen LogP contribution in [-0.2, 0) is 6.54 Å². The third kappa shape index (κ3) is 2.89. The maximum atomic E-state index is 4.08. The molecule has 0 saturated carbocycles. The lowest BCUT2D eigenvalue weighted by atomic mass is 10.2. The molecule has 0 spiro atoms. The topological polar surface area (TPSA) is 17.8 Å². The molecule has 11 heavy (non-hydrogen) atoms. The molecule has 0 atom stereocenters. The van der Waals surface area contributed by atoms with Crippen LogP contribution in [0.5, 0.6) is 0 Å². The molecule has 1 rings (SSSR count). The predicted molar refractivity (Wildman–Crippen MR) is 49.8 cm³/mol. The average molecular weight is 215 g/mol. The van der Waals surface area contributed by atoms with E-state index in [9.17, 15) is 0 Å². The first-order chi connectivity index (χ1) is 5.33. The highest BCUT2D eigenvalue weighted by Crippen LogP contribution is 2.03. The van der Waals surface area contributed by atoms with Crippen molar-refractivity contribution >= 4 is 15.9 Å². The van der Waals surface area contributed by atoms with Gasteiger partial charge < -0.3 is 0 Å². The van der Waals surface area contributed by atoms with E-state index in [4.69, 9.17) is 0 Å². The van der Waals surface area contributed by atoms with Gasteiger partial charge >= 0.3 is 0 Å². The number of allylic oxidation sites excluding steroid dienone is 1. The Kier molecular flexibility index (Phi) is 3.36. The summed E-state index contributed by atoms with van der Waals surface area (Å²) in [4.78, 5) is 0. The number of halogens is 1. The highest BCUT2D eigenvalue weighted by molar-refractivity contribution is 9.09. The molecule has 1 heterocycles. The molecule has 0 N–H and O–H groups in total. The third-order valence-corrected chi connectivity index (χ3v) is 2.24. The summed E-state index contributed by atoms with van der Waals surface area (Å²) >= 11 is 3.35. The summed E-state index contributed by atoms with van der Waals surface area (Å²) < 4.78 is 1.91. The van der Waals surface area contributed by atoms with Gasteiger partial charge in [0.15, 0.2) is 0 Å². The SMILES string of the molecule is C=C(CBr)CCn1cccn1. The molecule has 1 aromatic heterocycles. The van der Waals surface area contributed by atoms with E-state index in [0.717, 1.165) is 18.3 Å². The molecule has 0 fully saturated rings. The van der Waals surface area contributed by atoms with Gasteiger partial charge in [0, 0.05) is 24.3 Å². The molecule has 1 aromatic rings. The van der Waals surface area contributed by atoms with E-state index in [1.165, 1.54) is 5.57 Å². The number of aromatic nitrogens is 2. The quantitative estimate of drug-likeness (QED) is 0.556. The average Bonchev–Trinajstić information content (AvgIpc) is 2.52. The van der Waals surface area contributed by atoms with Gasteiger partial charge in [-0.3, -0.25) is 4.68 Å². The lowest BCUT2D eigenvalue weighted by Crippen LogP contribution is -1.99. The van der Waals surface area contributed by atoms with Gasteiger partial charge in [-0.15, -0.1) is 0 Å². The Balaban J connectivity index is 2.29. The van der Waals surface area contributed by atoms with Crippen molar-refractivity contribution in [3.8, 4) is 0 Å². The molecule has 0 aliphatic heterocycles. The molecule has 0 aliphatic rings. The first kappa shape index (κ1) is 8.53. The van der Waals surface area contributed by atoms with Crippen LogP contribution >= 0.6 is 15.9 Å². The molecule has 0 saturated heterocycles. The molecule has 0 radical (unpaired) electrons. The van der Waals surface area contributed by atoms with E-state index in [2.05, 4.69) is 27.6 Å². The number of hydrogen-bond acceptors (Lipinski definition) is 1. The lowest BCUT2D eigenvalue weighted by Gasteiger charge is -2.01. The fourth-order valence-corrected chi connectivity index (χ4v) is 1.05. The van der Waals surface area contributed by atoms with E-state index in [0.29, 0.717) is 0 Å². The molecule has 0 aliphatic carbocycles. The normalized spacial score (nSPS) is 9.91. The van der Waals surface area contributed by atoms with E-state index in [-0.39, 0.29) is 0 Å². The van der Waals surface area contributed by atoms with Gasteiger partial charge in [0.25, 0.3) is 0 Å². The Bertz CT molecular complexity index is 216. The van der Waals surface area contributed by atoms with Crippen LogP contribution in [0.3, 0.4) is 0 Å². The van der Waals surface area contributed by atoms with Crippen molar-refractivity contribution in [3.63, 3.8) is 0 Å². The summed E-state index contributed by atoms with van der Waals surface area (Å²) in [7, 11) is 0. The van der Waals surface area contributed by atoms with Crippen molar-refractivity contribution in [1.29, 1.82) is 0 Å². The van der Waals surface area contributed by atoms with Crippen molar-refractivity contribution in [2.45, 2.75) is 13.0 Å². The molecular formula is C8H11BrN2. The van der Waals surface area contributed by atoms with E-state index >= 15 is 0 Å². The fourth-order valence-electron chi connectivity index (χ4n) is 0.772. The fraction of sp³-hybridized carbons (Fsp3) is 0.375. The number of rotatable bonds is 4. The monoisotopic (exact) mass is 214 g/mol. The Morgan fingerprint density at radius 3 is 3.00 bits per heavy atom. The standard InChI is InChI=1S/C8H11BrN2/c1-8(7-9)3-6-11-5-2-4-10-11/h2,4-5H,1,3,6-7H2. The van der Waals surface area contributed by atoms with Crippen LogP contribution in [0.4, 0.5) is 0 Å². The minimum atomic E-state index is 0.883. The number of aryl methyl sites for hydroxylation is 1. The van der Waals surface area contributed by atoms with Crippen LogP contribution in [0.25, 0.3) is 0 Å². The summed E-state index contributed by atoms with van der Waals surface area (Å²) in [5, 5.41) is 4.97. The van der Waals surface area contributed by atoms with Crippen LogP contribution < -0.4 is 0 Å². The summed E-state index contributed by atoms with van der Waals surface area (Å²) in [6.07, 6.45) is 4.74. The van der Waals surface area contributed by atoms with Crippen LogP contribution in [0, 0.1) is 0 Å². The van der Waals surface area contributed by atoms with Crippen LogP contribution in [-0.4, -0.2) is 15.1 Å². The lowest BCUT2D eigenvalue weighted by molar-refractivity contribution is 0.614. The van der Waals surface area contributed by atoms with Gasteiger partial charge in [0.05, 0.1) is 0 Å². The van der Waals surface area contributed by atoms with Gasteiger partial charge in [-0.2, -0.15) is 5.10 Å². The maximum Gasteiger partial charge on any atom is 0.0489 e. The van der Waals surface area contributed by atoms with Crippen LogP contribution in [0.2, 0.25) is 0 Å². The maximum absolute atomic E-state index is 4.08. The molecule has 3 heteroatoms. The highest BCUT2D eigenvalue weighted by Gasteiger charge is 1.92. The number of alkyl halides is 1. The van der Waals surface area contributed by atoms with Crippen molar-refractivity contribution in [3.05, 3.63) is 30.6 Å². The minimum absolute atomic E-state index is 0.883. The predicted octanol–water partition coefficient (Wildman–Crippen LogP) is 2.22. The van der Waals surface area contributed by atoms with E-state index < -0.39 is 0 Å². The zero-order valence-electron chi connectivity index (χ0n) is 6.33. The third-order valence-electron chi connectivity index (χ3n) is 1.44. The van der Waals surface area contributed by atoms with Gasteiger partial charge in [-0.1, -0.05) is 28.1 Å². The summed E-state index contributed by atoms with van der Waals surface area (Å²) in [5.41, 5.74) is 1.21. The molecule has 0 aromatic carbocycles. The van der Waals surface area contributed by atoms with Crippen LogP contribution in [0.1, 0.15) is 6.42 Å². The zero-order valence-corrected chi connectivity index (χ0v) is 7.92. The molecule has 60 valence electrons. The highest BCUT2D eigenvalue weighted by atomic mass is 79.9. The van der Waals surface area contributed by atoms with E-state index in [1.54, 1.807) is 6.20 Å². The molecule has 0 unspecified atom stereocenters. The molecule has 0 amide bonds. The number of hydrogen-bond donors (Lipinski definition) is 0. The molecular weight excluding hydrogens is 204 g/mol. The second-order valence-electron chi connectivity index (χ2n) is 2.40. The Morgan fingerprint density at radius 2 is 2.45 bits per heavy atom. The second kappa shape index (κ2) is 4.34. The molecule has 0 bridgehead atoms. The summed E-state index contributed by atoms with van der Waals surface area (Å²) in [6.45, 7) is 4.81. The summed E-state index contributed by atoms with van der Waals surface area (Å²) in [6, 6.07) is 1.93. The largest absolute Gasteiger partial charge is 0.272 e. The van der Waals surface area contributed by atoms with Crippen molar-refractivity contribution < 1.29 is 0 Å². The van der Waals surface area contributed by atoms with Gasteiger partial charge in [-0.25, -0.2) is 0 Å².